The van der Waals surface area contributed by atoms with Crippen LogP contribution in [0, 0.1) is 5.92 Å². The average molecular weight is 298 g/mol. The van der Waals surface area contributed by atoms with Crippen LogP contribution in [0.15, 0.2) is 40.8 Å². The number of likely N-dealkylation sites (tertiary alicyclic amines) is 1. The number of fused-ring (bicyclic) bond motifs is 1. The van der Waals surface area contributed by atoms with Gasteiger partial charge in [0.2, 0.25) is 11.8 Å². The van der Waals surface area contributed by atoms with Crippen molar-refractivity contribution in [3.63, 3.8) is 0 Å². The predicted molar refractivity (Wildman–Crippen MR) is 83.7 cm³/mol. The minimum atomic E-state index is -0.334. The molecule has 1 atom stereocenters. The molecule has 22 heavy (non-hydrogen) atoms. The molecule has 1 aliphatic heterocycles. The zero-order valence-electron chi connectivity index (χ0n) is 12.2. The van der Waals surface area contributed by atoms with Gasteiger partial charge >= 0.3 is 0 Å². The molecule has 5 nitrogen and oxygen atoms in total. The first kappa shape index (κ1) is 14.4. The number of furan rings is 1. The number of nitrogens with zero attached hydrogens (tertiary/aromatic N) is 1. The number of carbonyl (C=O) groups excluding carboxylic acids is 2. The van der Waals surface area contributed by atoms with Gasteiger partial charge in [-0.05, 0) is 31.1 Å². The third-order valence-corrected chi connectivity index (χ3v) is 3.97. The van der Waals surface area contributed by atoms with E-state index in [9.17, 15) is 9.59 Å². The van der Waals surface area contributed by atoms with Crippen molar-refractivity contribution in [3.05, 3.63) is 42.2 Å². The lowest BCUT2D eigenvalue weighted by Gasteiger charge is -2.30. The lowest BCUT2D eigenvalue weighted by Crippen LogP contribution is -2.43. The number of piperidine rings is 1. The summed E-state index contributed by atoms with van der Waals surface area (Å²) in [6, 6.07) is 9.58. The van der Waals surface area contributed by atoms with Crippen molar-refractivity contribution < 1.29 is 14.0 Å². The summed E-state index contributed by atoms with van der Waals surface area (Å²) < 4.78 is 5.63. The van der Waals surface area contributed by atoms with Crippen LogP contribution < -0.4 is 5.73 Å². The zero-order valence-corrected chi connectivity index (χ0v) is 12.2. The Morgan fingerprint density at radius 1 is 1.32 bits per heavy atom. The van der Waals surface area contributed by atoms with Gasteiger partial charge in [0.05, 0.1) is 5.92 Å². The zero-order chi connectivity index (χ0) is 15.5. The third kappa shape index (κ3) is 3.03. The fraction of sp³-hybridized carbons (Fsp3) is 0.294. The molecule has 2 heterocycles. The van der Waals surface area contributed by atoms with Crippen molar-refractivity contribution in [2.45, 2.75) is 12.8 Å². The van der Waals surface area contributed by atoms with Crippen molar-refractivity contribution in [2.24, 2.45) is 11.7 Å². The molecule has 2 aromatic rings. The van der Waals surface area contributed by atoms with Crippen molar-refractivity contribution >= 4 is 28.9 Å². The van der Waals surface area contributed by atoms with Crippen LogP contribution in [0.5, 0.6) is 0 Å². The van der Waals surface area contributed by atoms with Gasteiger partial charge in [-0.1, -0.05) is 18.2 Å². The van der Waals surface area contributed by atoms with E-state index in [0.717, 1.165) is 23.8 Å². The first-order chi connectivity index (χ1) is 10.6. The molecule has 1 aromatic heterocycles. The fourth-order valence-electron chi connectivity index (χ4n) is 2.75. The Bertz CT molecular complexity index is 699. The molecule has 1 aromatic carbocycles. The maximum Gasteiger partial charge on any atom is 0.246 e. The van der Waals surface area contributed by atoms with Gasteiger partial charge in [-0.25, -0.2) is 0 Å². The summed E-state index contributed by atoms with van der Waals surface area (Å²) in [5, 5.41) is 1.00. The van der Waals surface area contributed by atoms with Crippen LogP contribution in [0.25, 0.3) is 17.0 Å². The van der Waals surface area contributed by atoms with Gasteiger partial charge in [0, 0.05) is 24.6 Å². The first-order valence-corrected chi connectivity index (χ1v) is 7.38. The number of hydrogen-bond acceptors (Lipinski definition) is 3. The molecule has 0 radical (unpaired) electrons. The molecule has 1 saturated heterocycles. The smallest absolute Gasteiger partial charge is 0.246 e. The molecule has 2 N–H and O–H groups in total. The molecule has 3 rings (SSSR count). The molecule has 5 heteroatoms. The maximum absolute atomic E-state index is 12.2. The Labute approximate surface area is 128 Å². The van der Waals surface area contributed by atoms with Gasteiger partial charge < -0.3 is 15.1 Å². The number of amides is 2. The summed E-state index contributed by atoms with van der Waals surface area (Å²) in [5.74, 6) is -0.0551. The van der Waals surface area contributed by atoms with Crippen molar-refractivity contribution in [1.82, 2.24) is 4.90 Å². The van der Waals surface area contributed by atoms with Crippen LogP contribution in [0.4, 0.5) is 0 Å². The minimum absolute atomic E-state index is 0.119. The highest BCUT2D eigenvalue weighted by Gasteiger charge is 2.25. The van der Waals surface area contributed by atoms with Crippen LogP contribution in [0.2, 0.25) is 0 Å². The highest BCUT2D eigenvalue weighted by molar-refractivity contribution is 5.92. The first-order valence-electron chi connectivity index (χ1n) is 7.38. The van der Waals surface area contributed by atoms with Gasteiger partial charge in [0.15, 0.2) is 0 Å². The fourth-order valence-corrected chi connectivity index (χ4v) is 2.75. The van der Waals surface area contributed by atoms with Crippen LogP contribution in [0.3, 0.4) is 0 Å². The summed E-state index contributed by atoms with van der Waals surface area (Å²) in [7, 11) is 0. The monoisotopic (exact) mass is 298 g/mol. The standard InChI is InChI=1S/C17H18N2O3/c18-17(21)13-5-3-9-19(11-13)16(20)8-7-14-10-12-4-1-2-6-15(12)22-14/h1-2,4,6-8,10,13H,3,5,9,11H2,(H2,18,21)/b8-7+. The second-order valence-electron chi connectivity index (χ2n) is 5.55. The topological polar surface area (TPSA) is 76.5 Å². The second-order valence-corrected chi connectivity index (χ2v) is 5.55. The van der Waals surface area contributed by atoms with E-state index >= 15 is 0 Å². The molecular formula is C17H18N2O3. The maximum atomic E-state index is 12.2. The highest BCUT2D eigenvalue weighted by Crippen LogP contribution is 2.20. The van der Waals surface area contributed by atoms with Gasteiger partial charge in [0.25, 0.3) is 0 Å². The molecule has 2 amide bonds. The largest absolute Gasteiger partial charge is 0.457 e. The number of nitrogens with two attached hydrogens (primary N) is 1. The van der Waals surface area contributed by atoms with E-state index in [2.05, 4.69) is 0 Å². The Kier molecular flexibility index (Phi) is 3.96. The van der Waals surface area contributed by atoms with Crippen molar-refractivity contribution in [2.75, 3.05) is 13.1 Å². The van der Waals surface area contributed by atoms with E-state index in [1.165, 1.54) is 6.08 Å². The van der Waals surface area contributed by atoms with E-state index in [0.29, 0.717) is 18.8 Å². The summed E-state index contributed by atoms with van der Waals surface area (Å²) in [6.45, 7) is 1.06. The number of rotatable bonds is 3. The highest BCUT2D eigenvalue weighted by atomic mass is 16.3. The molecule has 0 saturated carbocycles. The van der Waals surface area contributed by atoms with E-state index in [-0.39, 0.29) is 17.7 Å². The summed E-state index contributed by atoms with van der Waals surface area (Å²) >= 11 is 0. The lowest BCUT2D eigenvalue weighted by molar-refractivity contribution is -0.130. The predicted octanol–water partition coefficient (Wildman–Crippen LogP) is 2.17. The number of primary amides is 1. The summed E-state index contributed by atoms with van der Waals surface area (Å²) in [4.78, 5) is 25.1. The molecular weight excluding hydrogens is 280 g/mol. The number of carbonyl (C=O) groups is 2. The Morgan fingerprint density at radius 2 is 2.14 bits per heavy atom. The van der Waals surface area contributed by atoms with Gasteiger partial charge in [0.1, 0.15) is 11.3 Å². The lowest BCUT2D eigenvalue weighted by atomic mass is 9.97. The number of hydrogen-bond donors (Lipinski definition) is 1. The molecule has 1 fully saturated rings. The molecule has 114 valence electrons. The van der Waals surface area contributed by atoms with Gasteiger partial charge in [-0.15, -0.1) is 0 Å². The van der Waals surface area contributed by atoms with E-state index in [1.54, 1.807) is 11.0 Å². The van der Waals surface area contributed by atoms with Crippen LogP contribution in [0.1, 0.15) is 18.6 Å². The number of para-hydroxylation sites is 1. The van der Waals surface area contributed by atoms with E-state index in [4.69, 9.17) is 10.2 Å². The Hall–Kier alpha value is -2.56. The third-order valence-electron chi connectivity index (χ3n) is 3.97. The van der Waals surface area contributed by atoms with E-state index in [1.807, 2.05) is 30.3 Å². The van der Waals surface area contributed by atoms with Crippen molar-refractivity contribution in [3.8, 4) is 0 Å². The SMILES string of the molecule is NC(=O)C1CCCN(C(=O)/C=C/c2cc3ccccc3o2)C1. The normalized spacial score (nSPS) is 18.9. The van der Waals surface area contributed by atoms with Gasteiger partial charge in [-0.3, -0.25) is 9.59 Å². The number of benzene rings is 1. The second kappa shape index (κ2) is 6.05. The minimum Gasteiger partial charge on any atom is -0.457 e. The van der Waals surface area contributed by atoms with E-state index < -0.39 is 0 Å². The van der Waals surface area contributed by atoms with Gasteiger partial charge in [-0.2, -0.15) is 0 Å². The van der Waals surface area contributed by atoms with Crippen LogP contribution in [-0.2, 0) is 9.59 Å². The summed E-state index contributed by atoms with van der Waals surface area (Å²) in [5.41, 5.74) is 6.12. The van der Waals surface area contributed by atoms with Crippen molar-refractivity contribution in [1.29, 1.82) is 0 Å². The Balaban J connectivity index is 1.69. The average Bonchev–Trinajstić information content (AvgIpc) is 2.95. The molecule has 0 bridgehead atoms. The van der Waals surface area contributed by atoms with Crippen LogP contribution >= 0.6 is 0 Å². The quantitative estimate of drug-likeness (QED) is 0.882. The summed E-state index contributed by atoms with van der Waals surface area (Å²) in [6.07, 6.45) is 4.71. The molecule has 1 unspecified atom stereocenters. The van der Waals surface area contributed by atoms with Crippen LogP contribution in [-0.4, -0.2) is 29.8 Å². The molecule has 1 aliphatic rings. The Morgan fingerprint density at radius 3 is 2.91 bits per heavy atom. The molecule has 0 spiro atoms. The molecule has 0 aliphatic carbocycles.